The van der Waals surface area contributed by atoms with Crippen LogP contribution in [0.4, 0.5) is 18.9 Å². The first kappa shape index (κ1) is 21.0. The van der Waals surface area contributed by atoms with Crippen LogP contribution in [0.5, 0.6) is 11.8 Å². The highest BCUT2D eigenvalue weighted by Crippen LogP contribution is 2.65. The average Bonchev–Trinajstić information content (AvgIpc) is 3.19. The van der Waals surface area contributed by atoms with E-state index in [0.717, 1.165) is 10.6 Å². The van der Waals surface area contributed by atoms with E-state index in [9.17, 15) is 28.2 Å². The summed E-state index contributed by atoms with van der Waals surface area (Å²) in [6.07, 6.45) is -5.41. The van der Waals surface area contributed by atoms with Crippen molar-refractivity contribution in [1.29, 1.82) is 0 Å². The predicted molar refractivity (Wildman–Crippen MR) is 98.1 cm³/mol. The molecule has 3 N–H and O–H groups in total. The molecule has 0 saturated carbocycles. The van der Waals surface area contributed by atoms with E-state index in [0.29, 0.717) is 6.07 Å². The second-order valence-corrected chi connectivity index (χ2v) is 7.88. The number of nitrogens with zero attached hydrogens (tertiary/aromatic N) is 2. The molecule has 2 unspecified atom stereocenters. The van der Waals surface area contributed by atoms with E-state index in [2.05, 4.69) is 4.85 Å². The lowest BCUT2D eigenvalue weighted by Gasteiger charge is -2.29. The van der Waals surface area contributed by atoms with E-state index in [-0.39, 0.29) is 23.2 Å². The van der Waals surface area contributed by atoms with Crippen LogP contribution >= 0.6 is 0 Å². The maximum absolute atomic E-state index is 13.4. The summed E-state index contributed by atoms with van der Waals surface area (Å²) in [5.41, 5.74) is -4.16. The van der Waals surface area contributed by atoms with Crippen molar-refractivity contribution in [2.24, 2.45) is 0 Å². The molecule has 31 heavy (non-hydrogen) atoms. The zero-order valence-electron chi connectivity index (χ0n) is 16.3. The van der Waals surface area contributed by atoms with Crippen molar-refractivity contribution in [3.05, 3.63) is 46.3 Å². The van der Waals surface area contributed by atoms with Crippen LogP contribution in [0.2, 0.25) is 0 Å². The van der Waals surface area contributed by atoms with Gasteiger partial charge in [-0.1, -0.05) is 6.07 Å². The maximum atomic E-state index is 13.4. The molecule has 3 heterocycles. The van der Waals surface area contributed by atoms with Gasteiger partial charge in [-0.15, -0.1) is 0 Å². The SMILES string of the molecule is [C-]#[N+]c1ccc(-n2c(O)c3c(c2O)C2(C)OC3(C)C[C@@H]2OCC(=O)O)cc1C(F)(F)F. The summed E-state index contributed by atoms with van der Waals surface area (Å²) in [6, 6.07) is 2.82. The molecule has 0 spiro atoms. The van der Waals surface area contributed by atoms with Gasteiger partial charge in [0.2, 0.25) is 11.8 Å². The molecule has 2 aliphatic heterocycles. The number of aromatic hydroxyl groups is 2. The van der Waals surface area contributed by atoms with Crippen molar-refractivity contribution < 1.29 is 42.8 Å². The van der Waals surface area contributed by atoms with E-state index in [1.165, 1.54) is 6.07 Å². The molecule has 2 bridgehead atoms. The Hall–Kier alpha value is -3.23. The highest BCUT2D eigenvalue weighted by molar-refractivity contribution is 5.68. The Kier molecular flexibility index (Phi) is 4.33. The molecule has 1 aromatic carbocycles. The van der Waals surface area contributed by atoms with Crippen molar-refractivity contribution in [1.82, 2.24) is 4.57 Å². The smallest absolute Gasteiger partial charge is 0.407 e. The zero-order chi connectivity index (χ0) is 22.9. The van der Waals surface area contributed by atoms with Gasteiger partial charge in [0.15, 0.2) is 5.69 Å². The van der Waals surface area contributed by atoms with Gasteiger partial charge in [0.25, 0.3) is 0 Å². The van der Waals surface area contributed by atoms with Gasteiger partial charge in [0.1, 0.15) is 12.2 Å². The summed E-state index contributed by atoms with van der Waals surface area (Å²) >= 11 is 0. The molecule has 11 heteroatoms. The number of alkyl halides is 3. The Morgan fingerprint density at radius 1 is 1.32 bits per heavy atom. The monoisotopic (exact) mass is 438 g/mol. The van der Waals surface area contributed by atoms with Gasteiger partial charge in [0, 0.05) is 6.42 Å². The van der Waals surface area contributed by atoms with Gasteiger partial charge >= 0.3 is 12.1 Å². The summed E-state index contributed by atoms with van der Waals surface area (Å²) in [6.45, 7) is 9.53. The largest absolute Gasteiger partial charge is 0.494 e. The molecule has 2 aromatic rings. The van der Waals surface area contributed by atoms with E-state index in [1.54, 1.807) is 13.8 Å². The Bertz CT molecular complexity index is 1150. The van der Waals surface area contributed by atoms with Crippen molar-refractivity contribution in [2.75, 3.05) is 6.61 Å². The Morgan fingerprint density at radius 2 is 1.97 bits per heavy atom. The summed E-state index contributed by atoms with van der Waals surface area (Å²) in [5, 5.41) is 30.7. The van der Waals surface area contributed by atoms with E-state index in [4.69, 9.17) is 21.2 Å². The molecule has 1 saturated heterocycles. The number of hydrogen-bond donors (Lipinski definition) is 3. The quantitative estimate of drug-likeness (QED) is 0.628. The number of carbonyl (C=O) groups is 1. The van der Waals surface area contributed by atoms with Crippen LogP contribution in [0.15, 0.2) is 18.2 Å². The fourth-order valence-electron chi connectivity index (χ4n) is 4.63. The van der Waals surface area contributed by atoms with Crippen molar-refractivity contribution in [2.45, 2.75) is 43.8 Å². The number of aliphatic carboxylic acids is 1. The third-order valence-electron chi connectivity index (χ3n) is 5.84. The molecular formula is C20H17F3N2O6. The minimum Gasteiger partial charge on any atom is -0.494 e. The number of hydrogen-bond acceptors (Lipinski definition) is 5. The Balaban J connectivity index is 1.87. The van der Waals surface area contributed by atoms with E-state index < -0.39 is 59.1 Å². The maximum Gasteiger partial charge on any atom is 0.407 e. The highest BCUT2D eigenvalue weighted by Gasteiger charge is 2.65. The van der Waals surface area contributed by atoms with E-state index in [1.807, 2.05) is 0 Å². The third kappa shape index (κ3) is 2.86. The van der Waals surface area contributed by atoms with Crippen molar-refractivity contribution in [3.8, 4) is 17.4 Å². The fraction of sp³-hybridized carbons (Fsp3) is 0.400. The summed E-state index contributed by atoms with van der Waals surface area (Å²) in [7, 11) is 0. The molecular weight excluding hydrogens is 421 g/mol. The molecule has 8 nitrogen and oxygen atoms in total. The second kappa shape index (κ2) is 6.38. The standard InChI is InChI=1S/C20H17F3N2O6/c1-18-7-12(30-8-13(26)27)19(2,31-18)15-14(18)16(28)25(17(15)29)9-4-5-11(24-3)10(6-9)20(21,22)23/h4-6,12,28-29H,7-8H2,1-2H3,(H,26,27)/t12-,18?,19?/m0/s1. The highest BCUT2D eigenvalue weighted by atomic mass is 19.4. The molecule has 3 atom stereocenters. The Labute approximate surface area is 173 Å². The van der Waals surface area contributed by atoms with Crippen molar-refractivity contribution in [3.63, 3.8) is 0 Å². The van der Waals surface area contributed by atoms with Gasteiger partial charge in [0.05, 0.1) is 40.7 Å². The van der Waals surface area contributed by atoms with Gasteiger partial charge in [-0.25, -0.2) is 9.64 Å². The number of ether oxygens (including phenoxy) is 2. The van der Waals surface area contributed by atoms with Crippen LogP contribution in [-0.4, -0.2) is 38.6 Å². The van der Waals surface area contributed by atoms with Crippen LogP contribution in [0.3, 0.4) is 0 Å². The Morgan fingerprint density at radius 3 is 2.55 bits per heavy atom. The number of carboxylic acid groups (broad SMARTS) is 1. The molecule has 164 valence electrons. The summed E-state index contributed by atoms with van der Waals surface area (Å²) < 4.78 is 52.4. The second-order valence-electron chi connectivity index (χ2n) is 7.88. The number of aromatic nitrogens is 1. The molecule has 0 aliphatic carbocycles. The van der Waals surface area contributed by atoms with Crippen LogP contribution in [-0.2, 0) is 31.6 Å². The lowest BCUT2D eigenvalue weighted by Crippen LogP contribution is -2.36. The molecule has 0 amide bonds. The number of halogens is 3. The minimum atomic E-state index is -4.81. The molecule has 0 radical (unpaired) electrons. The normalized spacial score (nSPS) is 26.6. The average molecular weight is 438 g/mol. The van der Waals surface area contributed by atoms with Gasteiger partial charge in [-0.3, -0.25) is 4.57 Å². The van der Waals surface area contributed by atoms with Crippen molar-refractivity contribution >= 4 is 11.7 Å². The predicted octanol–water partition coefficient (Wildman–Crippen LogP) is 3.79. The van der Waals surface area contributed by atoms with Gasteiger partial charge in [-0.2, -0.15) is 13.2 Å². The lowest BCUT2D eigenvalue weighted by molar-refractivity contribution is -0.150. The molecule has 2 aliphatic rings. The van der Waals surface area contributed by atoms with E-state index >= 15 is 0 Å². The first-order valence-electron chi connectivity index (χ1n) is 9.13. The topological polar surface area (TPSA) is 106 Å². The van der Waals surface area contributed by atoms with Crippen LogP contribution in [0, 0.1) is 6.57 Å². The minimum absolute atomic E-state index is 0.122. The fourth-order valence-corrected chi connectivity index (χ4v) is 4.63. The molecule has 1 aromatic heterocycles. The third-order valence-corrected chi connectivity index (χ3v) is 5.84. The first-order valence-corrected chi connectivity index (χ1v) is 9.13. The van der Waals surface area contributed by atoms with Crippen LogP contribution in [0.1, 0.15) is 37.0 Å². The number of benzene rings is 1. The molecule has 1 fully saturated rings. The van der Waals surface area contributed by atoms with Gasteiger partial charge < -0.3 is 24.8 Å². The zero-order valence-corrected chi connectivity index (χ0v) is 16.3. The summed E-state index contributed by atoms with van der Waals surface area (Å²) in [5.74, 6) is -2.24. The number of rotatable bonds is 4. The van der Waals surface area contributed by atoms with Crippen LogP contribution < -0.4 is 0 Å². The lowest BCUT2D eigenvalue weighted by atomic mass is 9.78. The molecule has 4 rings (SSSR count). The number of carboxylic acids is 1. The number of fused-ring (bicyclic) bond motifs is 5. The summed E-state index contributed by atoms with van der Waals surface area (Å²) in [4.78, 5) is 13.8. The van der Waals surface area contributed by atoms with Gasteiger partial charge in [-0.05, 0) is 26.0 Å². The first-order chi connectivity index (χ1) is 14.3. The van der Waals surface area contributed by atoms with Crippen LogP contribution in [0.25, 0.3) is 10.5 Å².